The lowest BCUT2D eigenvalue weighted by atomic mass is 10.3. The fourth-order valence-corrected chi connectivity index (χ4v) is 1.81. The fourth-order valence-electron chi connectivity index (χ4n) is 1.81. The van der Waals surface area contributed by atoms with E-state index in [9.17, 15) is 9.59 Å². The molecule has 0 atom stereocenters. The molecule has 5 N–H and O–H groups in total. The molecule has 2 heterocycles. The molecule has 0 radical (unpaired) electrons. The van der Waals surface area contributed by atoms with Crippen LogP contribution < -0.4 is 21.7 Å². The van der Waals surface area contributed by atoms with E-state index in [0.717, 1.165) is 0 Å². The van der Waals surface area contributed by atoms with Crippen LogP contribution in [-0.2, 0) is 6.61 Å². The third-order valence-corrected chi connectivity index (χ3v) is 2.67. The SMILES string of the molecule is Nc1cccc(OCc2nc3[nH]c(=O)[nH]c(=O)c3[nH]2)c1. The first-order valence-electron chi connectivity index (χ1n) is 5.81. The number of nitrogens with zero attached hydrogens (tertiary/aromatic N) is 1. The molecule has 2 aromatic heterocycles. The topological polar surface area (TPSA) is 130 Å². The minimum atomic E-state index is -0.600. The number of H-pyrrole nitrogens is 3. The maximum atomic E-state index is 11.5. The van der Waals surface area contributed by atoms with Crippen molar-refractivity contribution in [3.8, 4) is 5.75 Å². The van der Waals surface area contributed by atoms with Crippen LogP contribution in [0.25, 0.3) is 11.2 Å². The Hall–Kier alpha value is -3.03. The second kappa shape index (κ2) is 4.57. The Balaban J connectivity index is 1.87. The molecule has 0 fully saturated rings. The second-order valence-electron chi connectivity index (χ2n) is 4.18. The Morgan fingerprint density at radius 3 is 2.85 bits per heavy atom. The molecule has 0 bridgehead atoms. The number of hydrogen-bond acceptors (Lipinski definition) is 5. The molecular weight excluding hydrogens is 262 g/mol. The average molecular weight is 273 g/mol. The van der Waals surface area contributed by atoms with Gasteiger partial charge in [0.25, 0.3) is 5.56 Å². The highest BCUT2D eigenvalue weighted by atomic mass is 16.5. The van der Waals surface area contributed by atoms with Crippen molar-refractivity contribution in [1.82, 2.24) is 19.9 Å². The summed E-state index contributed by atoms with van der Waals surface area (Å²) in [6, 6.07) is 6.95. The zero-order valence-corrected chi connectivity index (χ0v) is 10.3. The first-order chi connectivity index (χ1) is 9.61. The van der Waals surface area contributed by atoms with Crippen LogP contribution in [0, 0.1) is 0 Å². The van der Waals surface area contributed by atoms with E-state index >= 15 is 0 Å². The summed E-state index contributed by atoms with van der Waals surface area (Å²) in [5.74, 6) is 1.02. The van der Waals surface area contributed by atoms with Crippen molar-refractivity contribution in [2.75, 3.05) is 5.73 Å². The van der Waals surface area contributed by atoms with Gasteiger partial charge in [-0.15, -0.1) is 0 Å². The number of aromatic nitrogens is 4. The molecule has 102 valence electrons. The summed E-state index contributed by atoms with van der Waals surface area (Å²) in [4.78, 5) is 34.1. The van der Waals surface area contributed by atoms with Crippen molar-refractivity contribution >= 4 is 16.9 Å². The Morgan fingerprint density at radius 1 is 1.20 bits per heavy atom. The first kappa shape index (κ1) is 12.0. The summed E-state index contributed by atoms with van der Waals surface area (Å²) >= 11 is 0. The van der Waals surface area contributed by atoms with Gasteiger partial charge >= 0.3 is 5.69 Å². The van der Waals surface area contributed by atoms with E-state index in [1.165, 1.54) is 0 Å². The maximum absolute atomic E-state index is 11.5. The van der Waals surface area contributed by atoms with Crippen LogP contribution in [0.2, 0.25) is 0 Å². The molecule has 0 amide bonds. The molecule has 3 aromatic rings. The first-order valence-corrected chi connectivity index (χ1v) is 5.81. The third-order valence-electron chi connectivity index (χ3n) is 2.67. The number of anilines is 1. The molecule has 8 heteroatoms. The molecule has 0 aliphatic carbocycles. The van der Waals surface area contributed by atoms with Gasteiger partial charge in [-0.05, 0) is 12.1 Å². The summed E-state index contributed by atoms with van der Waals surface area (Å²) in [6.07, 6.45) is 0. The summed E-state index contributed by atoms with van der Waals surface area (Å²) in [5.41, 5.74) is 5.51. The van der Waals surface area contributed by atoms with E-state index in [2.05, 4.69) is 19.9 Å². The zero-order chi connectivity index (χ0) is 14.1. The highest BCUT2D eigenvalue weighted by molar-refractivity contribution is 5.68. The van der Waals surface area contributed by atoms with Crippen molar-refractivity contribution < 1.29 is 4.74 Å². The zero-order valence-electron chi connectivity index (χ0n) is 10.3. The molecular formula is C12H11N5O3. The molecule has 0 aliphatic rings. The minimum absolute atomic E-state index is 0.125. The van der Waals surface area contributed by atoms with E-state index in [4.69, 9.17) is 10.5 Å². The number of nitrogens with one attached hydrogen (secondary N) is 3. The molecule has 0 unspecified atom stereocenters. The number of ether oxygens (including phenoxy) is 1. The van der Waals surface area contributed by atoms with Gasteiger partial charge in [-0.1, -0.05) is 6.07 Å². The van der Waals surface area contributed by atoms with Crippen molar-refractivity contribution in [3.05, 3.63) is 50.9 Å². The summed E-state index contributed by atoms with van der Waals surface area (Å²) in [6.45, 7) is 0.125. The largest absolute Gasteiger partial charge is 0.486 e. The van der Waals surface area contributed by atoms with Gasteiger partial charge in [0.1, 0.15) is 23.7 Å². The molecule has 0 spiro atoms. The minimum Gasteiger partial charge on any atom is -0.486 e. The molecule has 1 aromatic carbocycles. The van der Waals surface area contributed by atoms with Gasteiger partial charge in [0, 0.05) is 11.8 Å². The fraction of sp³-hybridized carbons (Fsp3) is 0.0833. The van der Waals surface area contributed by atoms with E-state index in [-0.39, 0.29) is 17.8 Å². The molecule has 0 saturated heterocycles. The number of fused-ring (bicyclic) bond motifs is 1. The Bertz CT molecular complexity index is 876. The van der Waals surface area contributed by atoms with Gasteiger partial charge in [-0.3, -0.25) is 14.8 Å². The van der Waals surface area contributed by atoms with E-state index in [1.54, 1.807) is 24.3 Å². The third kappa shape index (κ3) is 2.26. The van der Waals surface area contributed by atoms with Crippen LogP contribution in [-0.4, -0.2) is 19.9 Å². The van der Waals surface area contributed by atoms with Crippen LogP contribution in [0.15, 0.2) is 33.9 Å². The van der Waals surface area contributed by atoms with Gasteiger partial charge in [-0.2, -0.15) is 0 Å². The number of nitrogens with two attached hydrogens (primary N) is 1. The number of aromatic amines is 3. The molecule has 0 aliphatic heterocycles. The summed E-state index contributed by atoms with van der Waals surface area (Å²) < 4.78 is 5.49. The van der Waals surface area contributed by atoms with E-state index < -0.39 is 11.2 Å². The van der Waals surface area contributed by atoms with Crippen molar-refractivity contribution in [1.29, 1.82) is 0 Å². The maximum Gasteiger partial charge on any atom is 0.327 e. The normalized spacial score (nSPS) is 10.8. The molecule has 3 rings (SSSR count). The van der Waals surface area contributed by atoms with Gasteiger partial charge < -0.3 is 15.5 Å². The van der Waals surface area contributed by atoms with Crippen LogP contribution in [0.4, 0.5) is 5.69 Å². The van der Waals surface area contributed by atoms with Crippen LogP contribution >= 0.6 is 0 Å². The lowest BCUT2D eigenvalue weighted by Crippen LogP contribution is -2.21. The standard InChI is InChI=1S/C12H11N5O3/c13-6-2-1-3-7(4-6)20-5-8-14-9-10(15-8)16-12(19)17-11(9)18/h1-4H,5,13H2,(H3,14,15,16,17,18,19). The second-order valence-corrected chi connectivity index (χ2v) is 4.18. The van der Waals surface area contributed by atoms with Crippen LogP contribution in [0.5, 0.6) is 5.75 Å². The Morgan fingerprint density at radius 2 is 2.05 bits per heavy atom. The van der Waals surface area contributed by atoms with Gasteiger partial charge in [0.2, 0.25) is 0 Å². The predicted molar refractivity (Wildman–Crippen MR) is 72.5 cm³/mol. The summed E-state index contributed by atoms with van der Waals surface area (Å²) in [5, 5.41) is 0. The molecule has 20 heavy (non-hydrogen) atoms. The van der Waals surface area contributed by atoms with Gasteiger partial charge in [0.15, 0.2) is 5.65 Å². The average Bonchev–Trinajstić information content (AvgIpc) is 2.80. The number of imidazole rings is 1. The van der Waals surface area contributed by atoms with E-state index in [1.807, 2.05) is 0 Å². The monoisotopic (exact) mass is 273 g/mol. The number of benzene rings is 1. The number of rotatable bonds is 3. The van der Waals surface area contributed by atoms with Crippen molar-refractivity contribution in [2.24, 2.45) is 0 Å². The van der Waals surface area contributed by atoms with Crippen molar-refractivity contribution in [2.45, 2.75) is 6.61 Å². The quantitative estimate of drug-likeness (QED) is 0.503. The van der Waals surface area contributed by atoms with E-state index in [0.29, 0.717) is 17.3 Å². The number of hydrogen-bond donors (Lipinski definition) is 4. The lowest BCUT2D eigenvalue weighted by Gasteiger charge is -2.04. The van der Waals surface area contributed by atoms with Crippen LogP contribution in [0.3, 0.4) is 0 Å². The Labute approximate surface area is 111 Å². The smallest absolute Gasteiger partial charge is 0.327 e. The summed E-state index contributed by atoms with van der Waals surface area (Å²) in [7, 11) is 0. The highest BCUT2D eigenvalue weighted by Gasteiger charge is 2.08. The van der Waals surface area contributed by atoms with Crippen LogP contribution in [0.1, 0.15) is 5.82 Å². The van der Waals surface area contributed by atoms with Crippen molar-refractivity contribution in [3.63, 3.8) is 0 Å². The predicted octanol–water partition coefficient (Wildman–Crippen LogP) is 0.101. The Kier molecular flexibility index (Phi) is 2.75. The highest BCUT2D eigenvalue weighted by Crippen LogP contribution is 2.15. The van der Waals surface area contributed by atoms with Gasteiger partial charge in [-0.25, -0.2) is 9.78 Å². The molecule has 0 saturated carbocycles. The molecule has 8 nitrogen and oxygen atoms in total. The van der Waals surface area contributed by atoms with Gasteiger partial charge in [0.05, 0.1) is 0 Å². The lowest BCUT2D eigenvalue weighted by molar-refractivity contribution is 0.297. The number of nitrogen functional groups attached to an aromatic ring is 1.